The van der Waals surface area contributed by atoms with Gasteiger partial charge in [-0.1, -0.05) is 10.3 Å². The largest absolute Gasteiger partial charge is 0.420 e. The Morgan fingerprint density at radius 2 is 1.93 bits per heavy atom. The SMILES string of the molecule is Cc1nonc1CC(=O)N1CCC(c2nnc(-c3ccc(F)cc3)o2)CC1. The number of aryl methyl sites for hydroxylation is 1. The van der Waals surface area contributed by atoms with E-state index >= 15 is 0 Å². The van der Waals surface area contributed by atoms with Gasteiger partial charge in [0.1, 0.15) is 17.2 Å². The van der Waals surface area contributed by atoms with Crippen molar-refractivity contribution in [2.24, 2.45) is 0 Å². The molecule has 8 nitrogen and oxygen atoms in total. The van der Waals surface area contributed by atoms with E-state index in [4.69, 9.17) is 4.42 Å². The van der Waals surface area contributed by atoms with Gasteiger partial charge in [0.2, 0.25) is 17.7 Å². The highest BCUT2D eigenvalue weighted by Gasteiger charge is 2.28. The van der Waals surface area contributed by atoms with Crippen LogP contribution in [0.3, 0.4) is 0 Å². The third kappa shape index (κ3) is 3.71. The van der Waals surface area contributed by atoms with Crippen LogP contribution < -0.4 is 0 Å². The van der Waals surface area contributed by atoms with Gasteiger partial charge in [-0.05, 0) is 44.0 Å². The van der Waals surface area contributed by atoms with Gasteiger partial charge in [0, 0.05) is 24.6 Å². The first kappa shape index (κ1) is 17.3. The molecule has 0 bridgehead atoms. The number of amides is 1. The van der Waals surface area contributed by atoms with Gasteiger partial charge in [-0.3, -0.25) is 4.79 Å². The van der Waals surface area contributed by atoms with Crippen molar-refractivity contribution in [3.05, 3.63) is 47.4 Å². The second kappa shape index (κ2) is 7.26. The minimum absolute atomic E-state index is 0.00443. The molecule has 0 atom stereocenters. The van der Waals surface area contributed by atoms with Gasteiger partial charge in [0.25, 0.3) is 0 Å². The number of piperidine rings is 1. The highest BCUT2D eigenvalue weighted by atomic mass is 19.1. The number of nitrogens with zero attached hydrogens (tertiary/aromatic N) is 5. The minimum Gasteiger partial charge on any atom is -0.420 e. The van der Waals surface area contributed by atoms with Crippen molar-refractivity contribution in [3.63, 3.8) is 0 Å². The fourth-order valence-electron chi connectivity index (χ4n) is 3.15. The van der Waals surface area contributed by atoms with Gasteiger partial charge in [-0.2, -0.15) is 0 Å². The molecule has 2 aromatic heterocycles. The molecule has 1 fully saturated rings. The molecule has 3 aromatic rings. The Labute approximate surface area is 154 Å². The first-order valence-corrected chi connectivity index (χ1v) is 8.75. The molecule has 0 radical (unpaired) electrons. The van der Waals surface area contributed by atoms with Gasteiger partial charge < -0.3 is 9.32 Å². The molecule has 0 aliphatic carbocycles. The number of hydrogen-bond acceptors (Lipinski definition) is 7. The summed E-state index contributed by atoms with van der Waals surface area (Å²) in [5.74, 6) is 0.721. The Bertz CT molecular complexity index is 929. The number of rotatable bonds is 4. The summed E-state index contributed by atoms with van der Waals surface area (Å²) in [6.07, 6.45) is 1.68. The van der Waals surface area contributed by atoms with Crippen LogP contribution in [0, 0.1) is 12.7 Å². The van der Waals surface area contributed by atoms with Crippen molar-refractivity contribution in [3.8, 4) is 11.5 Å². The summed E-state index contributed by atoms with van der Waals surface area (Å²) in [7, 11) is 0. The quantitative estimate of drug-likeness (QED) is 0.695. The molecule has 0 N–H and O–H groups in total. The Hall–Kier alpha value is -3.10. The van der Waals surface area contributed by atoms with E-state index in [-0.39, 0.29) is 24.1 Å². The average Bonchev–Trinajstić information content (AvgIpc) is 3.32. The number of hydrogen-bond donors (Lipinski definition) is 0. The molecule has 0 spiro atoms. The standard InChI is InChI=1S/C18H18FN5O3/c1-11-15(23-27-22-11)10-16(25)24-8-6-13(7-9-24)18-21-20-17(26-18)12-2-4-14(19)5-3-12/h2-5,13H,6-10H2,1H3. The topological polar surface area (TPSA) is 98.2 Å². The Balaban J connectivity index is 1.36. The van der Waals surface area contributed by atoms with Crippen molar-refractivity contribution >= 4 is 5.91 Å². The summed E-state index contributed by atoms with van der Waals surface area (Å²) in [6, 6.07) is 5.92. The van der Waals surface area contributed by atoms with E-state index in [0.717, 1.165) is 12.8 Å². The smallest absolute Gasteiger partial charge is 0.247 e. The van der Waals surface area contributed by atoms with Crippen LogP contribution in [0.4, 0.5) is 4.39 Å². The Kier molecular flexibility index (Phi) is 4.66. The van der Waals surface area contributed by atoms with E-state index in [1.54, 1.807) is 19.1 Å². The van der Waals surface area contributed by atoms with Crippen molar-refractivity contribution < 1.29 is 18.2 Å². The minimum atomic E-state index is -0.313. The summed E-state index contributed by atoms with van der Waals surface area (Å²) in [5.41, 5.74) is 1.89. The molecule has 1 aromatic carbocycles. The lowest BCUT2D eigenvalue weighted by atomic mass is 9.96. The number of aromatic nitrogens is 4. The summed E-state index contributed by atoms with van der Waals surface area (Å²) in [4.78, 5) is 14.2. The molecule has 3 heterocycles. The lowest BCUT2D eigenvalue weighted by Crippen LogP contribution is -2.39. The normalized spacial score (nSPS) is 15.3. The Morgan fingerprint density at radius 1 is 1.19 bits per heavy atom. The summed E-state index contributed by atoms with van der Waals surface area (Å²) >= 11 is 0. The number of carbonyl (C=O) groups excluding carboxylic acids is 1. The maximum atomic E-state index is 13.0. The number of likely N-dealkylation sites (tertiary alicyclic amines) is 1. The zero-order valence-corrected chi connectivity index (χ0v) is 14.8. The van der Waals surface area contributed by atoms with Crippen LogP contribution in [0.5, 0.6) is 0 Å². The van der Waals surface area contributed by atoms with E-state index in [2.05, 4.69) is 25.1 Å². The average molecular weight is 371 g/mol. The van der Waals surface area contributed by atoms with Gasteiger partial charge in [-0.25, -0.2) is 9.02 Å². The van der Waals surface area contributed by atoms with Crippen LogP contribution in [0.15, 0.2) is 33.3 Å². The molecule has 0 saturated carbocycles. The zero-order valence-electron chi connectivity index (χ0n) is 14.8. The van der Waals surface area contributed by atoms with E-state index in [1.165, 1.54) is 12.1 Å². The second-order valence-electron chi connectivity index (χ2n) is 6.58. The molecule has 1 aliphatic rings. The molecule has 0 unspecified atom stereocenters. The molecule has 1 amide bonds. The van der Waals surface area contributed by atoms with Crippen molar-refractivity contribution in [1.29, 1.82) is 0 Å². The van der Waals surface area contributed by atoms with Gasteiger partial charge >= 0.3 is 0 Å². The lowest BCUT2D eigenvalue weighted by Gasteiger charge is -2.30. The number of benzene rings is 1. The number of halogens is 1. The predicted octanol–water partition coefficient (Wildman–Crippen LogP) is 2.52. The highest BCUT2D eigenvalue weighted by Crippen LogP contribution is 2.29. The first-order valence-electron chi connectivity index (χ1n) is 8.75. The predicted molar refractivity (Wildman–Crippen MR) is 91.0 cm³/mol. The van der Waals surface area contributed by atoms with Crippen LogP contribution in [-0.2, 0) is 11.2 Å². The second-order valence-corrected chi connectivity index (χ2v) is 6.58. The van der Waals surface area contributed by atoms with Crippen LogP contribution >= 0.6 is 0 Å². The van der Waals surface area contributed by atoms with Gasteiger partial charge in [-0.15, -0.1) is 10.2 Å². The molecule has 27 heavy (non-hydrogen) atoms. The highest BCUT2D eigenvalue weighted by molar-refractivity contribution is 5.78. The summed E-state index contributed by atoms with van der Waals surface area (Å²) < 4.78 is 23.4. The summed E-state index contributed by atoms with van der Waals surface area (Å²) in [6.45, 7) is 2.99. The van der Waals surface area contributed by atoms with Gasteiger partial charge in [0.15, 0.2) is 0 Å². The third-order valence-corrected chi connectivity index (χ3v) is 4.79. The summed E-state index contributed by atoms with van der Waals surface area (Å²) in [5, 5.41) is 15.6. The maximum absolute atomic E-state index is 13.0. The monoisotopic (exact) mass is 371 g/mol. The molecular formula is C18H18FN5O3. The molecule has 1 saturated heterocycles. The van der Waals surface area contributed by atoms with Crippen molar-refractivity contribution in [1.82, 2.24) is 25.4 Å². The molecule has 1 aliphatic heterocycles. The maximum Gasteiger partial charge on any atom is 0.247 e. The van der Waals surface area contributed by atoms with Gasteiger partial charge in [0.05, 0.1) is 6.42 Å². The van der Waals surface area contributed by atoms with Crippen molar-refractivity contribution in [2.75, 3.05) is 13.1 Å². The molecule has 4 rings (SSSR count). The van der Waals surface area contributed by atoms with Crippen molar-refractivity contribution in [2.45, 2.75) is 32.1 Å². The van der Waals surface area contributed by atoms with E-state index in [9.17, 15) is 9.18 Å². The first-order chi connectivity index (χ1) is 13.1. The third-order valence-electron chi connectivity index (χ3n) is 4.79. The fourth-order valence-corrected chi connectivity index (χ4v) is 3.15. The fraction of sp³-hybridized carbons (Fsp3) is 0.389. The van der Waals surface area contributed by atoms with E-state index in [1.807, 2.05) is 4.90 Å². The molecular weight excluding hydrogens is 353 g/mol. The molecule has 9 heteroatoms. The van der Waals surface area contributed by atoms with Crippen LogP contribution in [0.25, 0.3) is 11.5 Å². The van der Waals surface area contributed by atoms with Crippen LogP contribution in [0.2, 0.25) is 0 Å². The lowest BCUT2D eigenvalue weighted by molar-refractivity contribution is -0.131. The van der Waals surface area contributed by atoms with E-state index < -0.39 is 0 Å². The number of carbonyl (C=O) groups is 1. The molecule has 140 valence electrons. The Morgan fingerprint density at radius 3 is 2.59 bits per heavy atom. The van der Waals surface area contributed by atoms with Crippen LogP contribution in [0.1, 0.15) is 36.0 Å². The zero-order chi connectivity index (χ0) is 18.8. The van der Waals surface area contributed by atoms with Crippen LogP contribution in [-0.4, -0.2) is 44.4 Å². The van der Waals surface area contributed by atoms with E-state index in [0.29, 0.717) is 41.8 Å².